The Morgan fingerprint density at radius 2 is 1.57 bits per heavy atom. The molecule has 0 radical (unpaired) electrons. The van der Waals surface area contributed by atoms with Crippen molar-refractivity contribution in [1.29, 1.82) is 0 Å². The van der Waals surface area contributed by atoms with Gasteiger partial charge in [-0.15, -0.1) is 0 Å². The van der Waals surface area contributed by atoms with Crippen LogP contribution in [0.3, 0.4) is 0 Å². The second-order valence-corrected chi connectivity index (χ2v) is 9.56. The van der Waals surface area contributed by atoms with Gasteiger partial charge in [0.2, 0.25) is 0 Å². The molecule has 0 bridgehead atoms. The molecule has 2 rings (SSSR count). The Morgan fingerprint density at radius 1 is 1.00 bits per heavy atom. The van der Waals surface area contributed by atoms with Gasteiger partial charge in [-0.05, 0) is 53.7 Å². The van der Waals surface area contributed by atoms with Gasteiger partial charge in [0.1, 0.15) is 6.04 Å². The standard InChI is InChI=1S/C18H26N2O2S/c1-17(2,3)19-14-16(13-12-15-10-8-7-9-11-15)20(18(4,5)6)23(19,21)22/h7-11,16H,14H2,1-6H3. The van der Waals surface area contributed by atoms with Crippen molar-refractivity contribution in [2.45, 2.75) is 58.7 Å². The van der Waals surface area contributed by atoms with Gasteiger partial charge in [-0.25, -0.2) is 0 Å². The van der Waals surface area contributed by atoms with Crippen LogP contribution in [0.15, 0.2) is 30.3 Å². The summed E-state index contributed by atoms with van der Waals surface area (Å²) in [6.07, 6.45) is 0. The van der Waals surface area contributed by atoms with Gasteiger partial charge >= 0.3 is 0 Å². The summed E-state index contributed by atoms with van der Waals surface area (Å²) in [6, 6.07) is 9.31. The Morgan fingerprint density at radius 3 is 2.04 bits per heavy atom. The molecule has 1 aliphatic heterocycles. The molecule has 0 N–H and O–H groups in total. The fourth-order valence-corrected chi connectivity index (χ4v) is 5.19. The number of hydrogen-bond acceptors (Lipinski definition) is 2. The zero-order valence-electron chi connectivity index (χ0n) is 14.8. The molecule has 1 aromatic carbocycles. The number of rotatable bonds is 0. The Kier molecular flexibility index (Phi) is 4.64. The van der Waals surface area contributed by atoms with E-state index in [-0.39, 0.29) is 6.04 Å². The smallest absolute Gasteiger partial charge is 0.195 e. The zero-order chi connectivity index (χ0) is 17.5. The van der Waals surface area contributed by atoms with Crippen molar-refractivity contribution in [1.82, 2.24) is 8.61 Å². The van der Waals surface area contributed by atoms with Crippen molar-refractivity contribution in [2.24, 2.45) is 0 Å². The van der Waals surface area contributed by atoms with E-state index < -0.39 is 21.3 Å². The van der Waals surface area contributed by atoms with Crippen LogP contribution >= 0.6 is 0 Å². The van der Waals surface area contributed by atoms with E-state index in [2.05, 4.69) is 11.8 Å². The van der Waals surface area contributed by atoms with Gasteiger partial charge in [0.15, 0.2) is 0 Å². The lowest BCUT2D eigenvalue weighted by atomic mass is 10.1. The van der Waals surface area contributed by atoms with Crippen LogP contribution in [0, 0.1) is 11.8 Å². The highest BCUT2D eigenvalue weighted by atomic mass is 32.2. The van der Waals surface area contributed by atoms with Crippen LogP contribution in [-0.4, -0.2) is 40.7 Å². The van der Waals surface area contributed by atoms with Crippen molar-refractivity contribution < 1.29 is 8.42 Å². The highest BCUT2D eigenvalue weighted by Gasteiger charge is 2.51. The lowest BCUT2D eigenvalue weighted by Crippen LogP contribution is -2.50. The predicted octanol–water partition coefficient (Wildman–Crippen LogP) is 2.87. The van der Waals surface area contributed by atoms with E-state index in [9.17, 15) is 8.42 Å². The normalized spacial score (nSPS) is 22.6. The highest BCUT2D eigenvalue weighted by molar-refractivity contribution is 7.87. The first-order valence-corrected chi connectivity index (χ1v) is 9.22. The molecule has 1 heterocycles. The van der Waals surface area contributed by atoms with Gasteiger partial charge in [0.25, 0.3) is 10.2 Å². The Labute approximate surface area is 140 Å². The molecule has 0 spiro atoms. The van der Waals surface area contributed by atoms with Gasteiger partial charge in [-0.3, -0.25) is 0 Å². The Hall–Kier alpha value is -1.35. The van der Waals surface area contributed by atoms with Crippen LogP contribution in [-0.2, 0) is 10.2 Å². The summed E-state index contributed by atoms with van der Waals surface area (Å²) in [7, 11) is -3.53. The first kappa shape index (κ1) is 18.0. The maximum Gasteiger partial charge on any atom is 0.284 e. The van der Waals surface area contributed by atoms with Crippen LogP contribution in [0.5, 0.6) is 0 Å². The van der Waals surface area contributed by atoms with Gasteiger partial charge in [-0.2, -0.15) is 17.0 Å². The van der Waals surface area contributed by atoms with Gasteiger partial charge in [0.05, 0.1) is 0 Å². The third-order valence-corrected chi connectivity index (χ3v) is 6.27. The third-order valence-electron chi connectivity index (χ3n) is 3.72. The molecule has 0 aromatic heterocycles. The van der Waals surface area contributed by atoms with Gasteiger partial charge in [-0.1, -0.05) is 30.0 Å². The fourth-order valence-electron chi connectivity index (χ4n) is 2.82. The maximum absolute atomic E-state index is 13.0. The average molecular weight is 334 g/mol. The Bertz CT molecular complexity index is 716. The first-order chi connectivity index (χ1) is 10.4. The molecule has 4 nitrogen and oxygen atoms in total. The SMILES string of the molecule is CC(C)(C)N1CC(C#Cc2ccccc2)N(C(C)(C)C)S1(=O)=O. The van der Waals surface area contributed by atoms with Crippen LogP contribution < -0.4 is 0 Å². The molecule has 0 saturated carbocycles. The lowest BCUT2D eigenvalue weighted by molar-refractivity contribution is 0.237. The molecular formula is C18H26N2O2S. The van der Waals surface area contributed by atoms with Crippen LogP contribution in [0.2, 0.25) is 0 Å². The molecular weight excluding hydrogens is 308 g/mol. The van der Waals surface area contributed by atoms with Crippen molar-refractivity contribution in [2.75, 3.05) is 6.54 Å². The quantitative estimate of drug-likeness (QED) is 0.685. The molecule has 23 heavy (non-hydrogen) atoms. The summed E-state index contributed by atoms with van der Waals surface area (Å²) in [5, 5.41) is 0. The minimum Gasteiger partial charge on any atom is -0.195 e. The Balaban J connectivity index is 2.44. The molecule has 126 valence electrons. The number of benzene rings is 1. The second-order valence-electron chi connectivity index (χ2n) is 7.83. The van der Waals surface area contributed by atoms with Crippen molar-refractivity contribution >= 4 is 10.2 Å². The van der Waals surface area contributed by atoms with E-state index in [1.165, 1.54) is 0 Å². The third kappa shape index (κ3) is 3.77. The molecule has 0 aliphatic carbocycles. The molecule has 1 aliphatic rings. The summed E-state index contributed by atoms with van der Waals surface area (Å²) in [5.41, 5.74) is -0.0895. The minimum atomic E-state index is -3.53. The van der Waals surface area contributed by atoms with Crippen molar-refractivity contribution in [3.05, 3.63) is 35.9 Å². The van der Waals surface area contributed by atoms with E-state index in [0.717, 1.165) is 5.56 Å². The zero-order valence-corrected chi connectivity index (χ0v) is 15.6. The molecule has 5 heteroatoms. The summed E-state index contributed by atoms with van der Waals surface area (Å²) in [4.78, 5) is 0. The average Bonchev–Trinajstić information content (AvgIpc) is 2.68. The number of nitrogens with zero attached hydrogens (tertiary/aromatic N) is 2. The van der Waals surface area contributed by atoms with E-state index in [0.29, 0.717) is 6.54 Å². The minimum absolute atomic E-state index is 0.348. The summed E-state index contributed by atoms with van der Waals surface area (Å²) < 4.78 is 29.1. The van der Waals surface area contributed by atoms with Crippen molar-refractivity contribution in [3.8, 4) is 11.8 Å². The summed E-state index contributed by atoms with van der Waals surface area (Å²) in [6.45, 7) is 11.9. The van der Waals surface area contributed by atoms with E-state index in [1.807, 2.05) is 71.9 Å². The molecule has 1 fully saturated rings. The second kappa shape index (κ2) is 5.94. The van der Waals surface area contributed by atoms with Crippen LogP contribution in [0.1, 0.15) is 47.1 Å². The molecule has 1 unspecified atom stereocenters. The molecule has 1 saturated heterocycles. The summed E-state index contributed by atoms with van der Waals surface area (Å²) >= 11 is 0. The monoisotopic (exact) mass is 334 g/mol. The number of hydrogen-bond donors (Lipinski definition) is 0. The van der Waals surface area contributed by atoms with Crippen LogP contribution in [0.4, 0.5) is 0 Å². The van der Waals surface area contributed by atoms with E-state index in [1.54, 1.807) is 8.61 Å². The maximum atomic E-state index is 13.0. The van der Waals surface area contributed by atoms with Crippen molar-refractivity contribution in [3.63, 3.8) is 0 Å². The topological polar surface area (TPSA) is 40.6 Å². The first-order valence-electron chi connectivity index (χ1n) is 7.83. The van der Waals surface area contributed by atoms with Gasteiger partial charge < -0.3 is 0 Å². The highest BCUT2D eigenvalue weighted by Crippen LogP contribution is 2.35. The molecule has 1 atom stereocenters. The van der Waals surface area contributed by atoms with E-state index >= 15 is 0 Å². The molecule has 0 amide bonds. The largest absolute Gasteiger partial charge is 0.284 e. The predicted molar refractivity (Wildman–Crippen MR) is 94.1 cm³/mol. The van der Waals surface area contributed by atoms with Gasteiger partial charge in [0, 0.05) is 23.2 Å². The van der Waals surface area contributed by atoms with E-state index in [4.69, 9.17) is 0 Å². The van der Waals surface area contributed by atoms with Crippen LogP contribution in [0.25, 0.3) is 0 Å². The summed E-state index contributed by atoms with van der Waals surface area (Å²) in [5.74, 6) is 6.28. The molecule has 1 aromatic rings. The fraction of sp³-hybridized carbons (Fsp3) is 0.556. The lowest BCUT2D eigenvalue weighted by Gasteiger charge is -2.35.